The number of ether oxygens (including phenoxy) is 2. The van der Waals surface area contributed by atoms with E-state index < -0.39 is 10.0 Å². The van der Waals surface area contributed by atoms with Crippen LogP contribution in [0, 0.1) is 0 Å². The van der Waals surface area contributed by atoms with Crippen LogP contribution in [0.1, 0.15) is 37.0 Å². The quantitative estimate of drug-likeness (QED) is 0.728. The SMILES string of the molecule is CCCN(CCC)S(=O)(=O)c1ccc(NC(=O)c2ccc3c(c2)OCO3)cc1. The van der Waals surface area contributed by atoms with Crippen molar-refractivity contribution in [2.75, 3.05) is 25.2 Å². The average molecular weight is 404 g/mol. The van der Waals surface area contributed by atoms with Crippen LogP contribution in [0.25, 0.3) is 0 Å². The third kappa shape index (κ3) is 4.28. The molecule has 0 atom stereocenters. The molecule has 0 saturated carbocycles. The lowest BCUT2D eigenvalue weighted by atomic mass is 10.2. The summed E-state index contributed by atoms with van der Waals surface area (Å²) in [6, 6.07) is 11.2. The van der Waals surface area contributed by atoms with Gasteiger partial charge in [-0.05, 0) is 55.3 Å². The summed E-state index contributed by atoms with van der Waals surface area (Å²) in [7, 11) is -3.54. The fraction of sp³-hybridized carbons (Fsp3) is 0.350. The molecule has 0 spiro atoms. The van der Waals surface area contributed by atoms with Crippen molar-refractivity contribution in [3.63, 3.8) is 0 Å². The van der Waals surface area contributed by atoms with Crippen molar-refractivity contribution in [3.8, 4) is 11.5 Å². The van der Waals surface area contributed by atoms with Crippen molar-refractivity contribution in [1.82, 2.24) is 4.31 Å². The lowest BCUT2D eigenvalue weighted by Gasteiger charge is -2.21. The van der Waals surface area contributed by atoms with E-state index in [1.807, 2.05) is 13.8 Å². The second kappa shape index (κ2) is 8.62. The first-order valence-electron chi connectivity index (χ1n) is 9.27. The number of hydrogen-bond donors (Lipinski definition) is 1. The molecule has 0 bridgehead atoms. The second-order valence-corrected chi connectivity index (χ2v) is 8.39. The Hall–Kier alpha value is -2.58. The number of nitrogens with zero attached hydrogens (tertiary/aromatic N) is 1. The summed E-state index contributed by atoms with van der Waals surface area (Å²) in [5.74, 6) is 0.823. The maximum Gasteiger partial charge on any atom is 0.255 e. The van der Waals surface area contributed by atoms with E-state index in [4.69, 9.17) is 9.47 Å². The van der Waals surface area contributed by atoms with Gasteiger partial charge in [-0.25, -0.2) is 8.42 Å². The molecule has 150 valence electrons. The number of benzene rings is 2. The average Bonchev–Trinajstić information content (AvgIpc) is 3.16. The normalized spacial score (nSPS) is 13.0. The molecule has 0 aliphatic carbocycles. The van der Waals surface area contributed by atoms with Crippen LogP contribution in [0.15, 0.2) is 47.4 Å². The van der Waals surface area contributed by atoms with E-state index in [0.717, 1.165) is 12.8 Å². The zero-order chi connectivity index (χ0) is 20.1. The van der Waals surface area contributed by atoms with Gasteiger partial charge in [-0.2, -0.15) is 4.31 Å². The van der Waals surface area contributed by atoms with Crippen molar-refractivity contribution in [3.05, 3.63) is 48.0 Å². The Labute approximate surface area is 165 Å². The number of anilines is 1. The first kappa shape index (κ1) is 20.2. The molecule has 0 saturated heterocycles. The smallest absolute Gasteiger partial charge is 0.255 e. The fourth-order valence-corrected chi connectivity index (χ4v) is 4.58. The molecule has 1 heterocycles. The van der Waals surface area contributed by atoms with Crippen LogP contribution in [-0.4, -0.2) is 38.5 Å². The summed E-state index contributed by atoms with van der Waals surface area (Å²) in [6.07, 6.45) is 1.51. The minimum Gasteiger partial charge on any atom is -0.454 e. The van der Waals surface area contributed by atoms with E-state index >= 15 is 0 Å². The van der Waals surface area contributed by atoms with Crippen LogP contribution >= 0.6 is 0 Å². The number of hydrogen-bond acceptors (Lipinski definition) is 5. The first-order valence-corrected chi connectivity index (χ1v) is 10.7. The van der Waals surface area contributed by atoms with Gasteiger partial charge in [0.2, 0.25) is 16.8 Å². The zero-order valence-electron chi connectivity index (χ0n) is 16.0. The molecule has 7 nitrogen and oxygen atoms in total. The minimum atomic E-state index is -3.54. The summed E-state index contributed by atoms with van der Waals surface area (Å²) in [5, 5.41) is 2.76. The van der Waals surface area contributed by atoms with Gasteiger partial charge in [0.1, 0.15) is 0 Å². The third-order valence-electron chi connectivity index (χ3n) is 4.33. The third-order valence-corrected chi connectivity index (χ3v) is 6.24. The highest BCUT2D eigenvalue weighted by atomic mass is 32.2. The van der Waals surface area contributed by atoms with Crippen LogP contribution in [0.2, 0.25) is 0 Å². The van der Waals surface area contributed by atoms with Gasteiger partial charge in [-0.15, -0.1) is 0 Å². The highest BCUT2D eigenvalue weighted by Gasteiger charge is 2.23. The molecular formula is C20H24N2O5S. The van der Waals surface area contributed by atoms with Gasteiger partial charge >= 0.3 is 0 Å². The number of fused-ring (bicyclic) bond motifs is 1. The van der Waals surface area contributed by atoms with Gasteiger partial charge in [0.15, 0.2) is 11.5 Å². The molecule has 1 N–H and O–H groups in total. The Kier molecular flexibility index (Phi) is 6.21. The molecular weight excluding hydrogens is 380 g/mol. The van der Waals surface area contributed by atoms with Crippen molar-refractivity contribution < 1.29 is 22.7 Å². The number of carbonyl (C=O) groups excluding carboxylic acids is 1. The minimum absolute atomic E-state index is 0.142. The molecule has 2 aromatic rings. The molecule has 2 aromatic carbocycles. The van der Waals surface area contributed by atoms with E-state index in [1.165, 1.54) is 16.4 Å². The number of carbonyl (C=O) groups is 1. The number of rotatable bonds is 8. The Morgan fingerprint density at radius 1 is 1.00 bits per heavy atom. The maximum absolute atomic E-state index is 12.8. The molecule has 0 unspecified atom stereocenters. The van der Waals surface area contributed by atoms with Crippen molar-refractivity contribution in [2.24, 2.45) is 0 Å². The van der Waals surface area contributed by atoms with Crippen molar-refractivity contribution in [1.29, 1.82) is 0 Å². The Morgan fingerprint density at radius 2 is 1.64 bits per heavy atom. The van der Waals surface area contributed by atoms with Gasteiger partial charge in [-0.1, -0.05) is 13.8 Å². The molecule has 1 aliphatic rings. The molecule has 1 amide bonds. The van der Waals surface area contributed by atoms with E-state index in [-0.39, 0.29) is 17.6 Å². The van der Waals surface area contributed by atoms with Gasteiger partial charge in [-0.3, -0.25) is 4.79 Å². The van der Waals surface area contributed by atoms with Gasteiger partial charge in [0, 0.05) is 24.3 Å². The predicted octanol–water partition coefficient (Wildman–Crippen LogP) is 3.48. The standard InChI is InChI=1S/C20H24N2O5S/c1-3-11-22(12-4-2)28(24,25)17-8-6-16(7-9-17)21-20(23)15-5-10-18-19(13-15)27-14-26-18/h5-10,13H,3-4,11-12,14H2,1-2H3,(H,21,23). The van der Waals surface area contributed by atoms with Gasteiger partial charge in [0.25, 0.3) is 5.91 Å². The first-order chi connectivity index (χ1) is 13.5. The zero-order valence-corrected chi connectivity index (χ0v) is 16.8. The molecule has 3 rings (SSSR count). The van der Waals surface area contributed by atoms with E-state index in [2.05, 4.69) is 5.32 Å². The van der Waals surface area contributed by atoms with Crippen LogP contribution in [0.5, 0.6) is 11.5 Å². The number of sulfonamides is 1. The Morgan fingerprint density at radius 3 is 2.29 bits per heavy atom. The molecule has 1 aliphatic heterocycles. The maximum atomic E-state index is 12.8. The van der Waals surface area contributed by atoms with Gasteiger partial charge < -0.3 is 14.8 Å². The number of nitrogens with one attached hydrogen (secondary N) is 1. The summed E-state index contributed by atoms with van der Waals surface area (Å²) < 4.78 is 37.6. The molecule has 28 heavy (non-hydrogen) atoms. The second-order valence-electron chi connectivity index (χ2n) is 6.45. The van der Waals surface area contributed by atoms with E-state index in [9.17, 15) is 13.2 Å². The predicted molar refractivity (Wildman–Crippen MR) is 106 cm³/mol. The van der Waals surface area contributed by atoms with Crippen molar-refractivity contribution >= 4 is 21.6 Å². The molecule has 0 fully saturated rings. The fourth-order valence-electron chi connectivity index (χ4n) is 2.95. The Bertz CT molecular complexity index is 936. The van der Waals surface area contributed by atoms with Crippen molar-refractivity contribution in [2.45, 2.75) is 31.6 Å². The molecule has 0 radical (unpaired) electrons. The lowest BCUT2D eigenvalue weighted by Crippen LogP contribution is -2.32. The summed E-state index contributed by atoms with van der Waals surface area (Å²) in [6.45, 7) is 5.01. The molecule has 0 aromatic heterocycles. The summed E-state index contributed by atoms with van der Waals surface area (Å²) in [4.78, 5) is 12.7. The highest BCUT2D eigenvalue weighted by molar-refractivity contribution is 7.89. The molecule has 8 heteroatoms. The lowest BCUT2D eigenvalue weighted by molar-refractivity contribution is 0.102. The summed E-state index contributed by atoms with van der Waals surface area (Å²) in [5.41, 5.74) is 0.942. The van der Waals surface area contributed by atoms with E-state index in [0.29, 0.717) is 35.8 Å². The topological polar surface area (TPSA) is 84.9 Å². The van der Waals surface area contributed by atoms with Crippen LogP contribution in [0.3, 0.4) is 0 Å². The van der Waals surface area contributed by atoms with Crippen LogP contribution in [0.4, 0.5) is 5.69 Å². The summed E-state index contributed by atoms with van der Waals surface area (Å²) >= 11 is 0. The van der Waals surface area contributed by atoms with Gasteiger partial charge in [0.05, 0.1) is 4.90 Å². The van der Waals surface area contributed by atoms with Crippen LogP contribution in [-0.2, 0) is 10.0 Å². The van der Waals surface area contributed by atoms with Crippen LogP contribution < -0.4 is 14.8 Å². The Balaban J connectivity index is 1.72. The largest absolute Gasteiger partial charge is 0.454 e. The van der Waals surface area contributed by atoms with E-state index in [1.54, 1.807) is 30.3 Å². The highest BCUT2D eigenvalue weighted by Crippen LogP contribution is 2.32. The monoisotopic (exact) mass is 404 g/mol. The number of amides is 1.